The summed E-state index contributed by atoms with van der Waals surface area (Å²) in [5.41, 5.74) is 0.332. The second kappa shape index (κ2) is 7.46. The molecule has 0 aromatic heterocycles. The van der Waals surface area contributed by atoms with E-state index in [9.17, 15) is 0 Å². The van der Waals surface area contributed by atoms with E-state index in [1.165, 1.54) is 25.8 Å². The van der Waals surface area contributed by atoms with E-state index < -0.39 is 0 Å². The van der Waals surface area contributed by atoms with Gasteiger partial charge in [0.2, 0.25) is 0 Å². The molecular weight excluding hydrogens is 224 g/mol. The average Bonchev–Trinajstić information content (AvgIpc) is 2.39. The van der Waals surface area contributed by atoms with E-state index in [0.29, 0.717) is 17.5 Å². The van der Waals surface area contributed by atoms with E-state index in [2.05, 4.69) is 37.9 Å². The van der Waals surface area contributed by atoms with Gasteiger partial charge in [0.1, 0.15) is 0 Å². The summed E-state index contributed by atoms with van der Waals surface area (Å²) >= 11 is 0. The SMILES string of the molecule is CCC1CNC(CC)(CC)CN1CC(C)COC. The van der Waals surface area contributed by atoms with Crippen molar-refractivity contribution >= 4 is 0 Å². The van der Waals surface area contributed by atoms with Crippen LogP contribution < -0.4 is 5.32 Å². The van der Waals surface area contributed by atoms with Gasteiger partial charge in [-0.2, -0.15) is 0 Å². The highest BCUT2D eigenvalue weighted by atomic mass is 16.5. The number of hydrogen-bond donors (Lipinski definition) is 1. The molecule has 1 heterocycles. The summed E-state index contributed by atoms with van der Waals surface area (Å²) in [5.74, 6) is 0.619. The quantitative estimate of drug-likeness (QED) is 0.757. The van der Waals surface area contributed by atoms with Crippen LogP contribution in [0.3, 0.4) is 0 Å². The predicted molar refractivity (Wildman–Crippen MR) is 78.0 cm³/mol. The lowest BCUT2D eigenvalue weighted by Gasteiger charge is -2.48. The van der Waals surface area contributed by atoms with Crippen LogP contribution in [0.15, 0.2) is 0 Å². The van der Waals surface area contributed by atoms with Crippen molar-refractivity contribution in [3.05, 3.63) is 0 Å². The number of nitrogens with zero attached hydrogens (tertiary/aromatic N) is 1. The highest BCUT2D eigenvalue weighted by Crippen LogP contribution is 2.24. The zero-order valence-electron chi connectivity index (χ0n) is 13.0. The monoisotopic (exact) mass is 256 g/mol. The topological polar surface area (TPSA) is 24.5 Å². The molecule has 0 bridgehead atoms. The molecular formula is C15H32N2O. The molecule has 1 rings (SSSR count). The van der Waals surface area contributed by atoms with Gasteiger partial charge in [0, 0.05) is 44.9 Å². The summed E-state index contributed by atoms with van der Waals surface area (Å²) in [4.78, 5) is 2.69. The number of ether oxygens (including phenoxy) is 1. The largest absolute Gasteiger partial charge is 0.384 e. The Morgan fingerprint density at radius 2 is 2.00 bits per heavy atom. The Bertz CT molecular complexity index is 229. The summed E-state index contributed by atoms with van der Waals surface area (Å²) < 4.78 is 5.28. The molecule has 1 aliphatic heterocycles. The average molecular weight is 256 g/mol. The first-order valence-corrected chi connectivity index (χ1v) is 7.58. The van der Waals surface area contributed by atoms with E-state index in [1.807, 2.05) is 0 Å². The maximum atomic E-state index is 5.28. The fourth-order valence-electron chi connectivity index (χ4n) is 3.11. The van der Waals surface area contributed by atoms with Crippen LogP contribution in [0.1, 0.15) is 47.0 Å². The van der Waals surface area contributed by atoms with Gasteiger partial charge in [0.25, 0.3) is 0 Å². The van der Waals surface area contributed by atoms with Crippen LogP contribution in [0, 0.1) is 5.92 Å². The lowest BCUT2D eigenvalue weighted by molar-refractivity contribution is 0.0443. The van der Waals surface area contributed by atoms with Crippen molar-refractivity contribution in [1.29, 1.82) is 0 Å². The Morgan fingerprint density at radius 1 is 1.33 bits per heavy atom. The van der Waals surface area contributed by atoms with Gasteiger partial charge >= 0.3 is 0 Å². The van der Waals surface area contributed by atoms with Crippen LogP contribution in [-0.4, -0.2) is 49.8 Å². The Kier molecular flexibility index (Phi) is 6.61. The number of hydrogen-bond acceptors (Lipinski definition) is 3. The molecule has 0 aromatic rings. The number of methoxy groups -OCH3 is 1. The molecule has 18 heavy (non-hydrogen) atoms. The smallest absolute Gasteiger partial charge is 0.0500 e. The van der Waals surface area contributed by atoms with Crippen LogP contribution in [-0.2, 0) is 4.74 Å². The van der Waals surface area contributed by atoms with E-state index in [0.717, 1.165) is 19.7 Å². The third-order valence-electron chi connectivity index (χ3n) is 4.56. The maximum Gasteiger partial charge on any atom is 0.0500 e. The Labute approximate surface area is 113 Å². The van der Waals surface area contributed by atoms with Crippen molar-refractivity contribution in [2.45, 2.75) is 58.5 Å². The first-order valence-electron chi connectivity index (χ1n) is 7.58. The predicted octanol–water partition coefficient (Wildman–Crippen LogP) is 2.51. The van der Waals surface area contributed by atoms with Crippen LogP contribution in [0.4, 0.5) is 0 Å². The van der Waals surface area contributed by atoms with E-state index >= 15 is 0 Å². The number of rotatable bonds is 7. The minimum Gasteiger partial charge on any atom is -0.384 e. The van der Waals surface area contributed by atoms with Gasteiger partial charge in [0.05, 0.1) is 0 Å². The van der Waals surface area contributed by atoms with Crippen molar-refractivity contribution in [2.24, 2.45) is 5.92 Å². The molecule has 0 saturated carbocycles. The van der Waals surface area contributed by atoms with E-state index in [1.54, 1.807) is 7.11 Å². The van der Waals surface area contributed by atoms with Crippen LogP contribution >= 0.6 is 0 Å². The Hall–Kier alpha value is -0.120. The zero-order chi connectivity index (χ0) is 13.6. The lowest BCUT2D eigenvalue weighted by Crippen LogP contribution is -2.64. The van der Waals surface area contributed by atoms with Crippen molar-refractivity contribution in [2.75, 3.05) is 33.4 Å². The molecule has 0 aliphatic carbocycles. The van der Waals surface area contributed by atoms with Crippen LogP contribution in [0.25, 0.3) is 0 Å². The Balaban J connectivity index is 2.64. The summed E-state index contributed by atoms with van der Waals surface area (Å²) in [7, 11) is 1.80. The van der Waals surface area contributed by atoms with E-state index in [4.69, 9.17) is 4.74 Å². The van der Waals surface area contributed by atoms with Crippen molar-refractivity contribution < 1.29 is 4.74 Å². The molecule has 1 N–H and O–H groups in total. The van der Waals surface area contributed by atoms with Crippen LogP contribution in [0.2, 0.25) is 0 Å². The molecule has 3 heteroatoms. The molecule has 1 saturated heterocycles. The fraction of sp³-hybridized carbons (Fsp3) is 1.00. The Morgan fingerprint density at radius 3 is 2.50 bits per heavy atom. The zero-order valence-corrected chi connectivity index (χ0v) is 13.0. The molecule has 1 fully saturated rings. The molecule has 108 valence electrons. The third kappa shape index (κ3) is 3.94. The van der Waals surface area contributed by atoms with Crippen molar-refractivity contribution in [1.82, 2.24) is 10.2 Å². The first-order chi connectivity index (χ1) is 8.60. The molecule has 2 atom stereocenters. The molecule has 0 radical (unpaired) electrons. The molecule has 0 spiro atoms. The summed E-state index contributed by atoms with van der Waals surface area (Å²) in [5, 5.41) is 3.80. The molecule has 0 aromatic carbocycles. The highest BCUT2D eigenvalue weighted by Gasteiger charge is 2.36. The number of piperazine rings is 1. The summed E-state index contributed by atoms with van der Waals surface area (Å²) in [6, 6.07) is 0.690. The van der Waals surface area contributed by atoms with Gasteiger partial charge in [-0.25, -0.2) is 0 Å². The van der Waals surface area contributed by atoms with Gasteiger partial charge < -0.3 is 10.1 Å². The molecule has 3 nitrogen and oxygen atoms in total. The van der Waals surface area contributed by atoms with Crippen molar-refractivity contribution in [3.8, 4) is 0 Å². The molecule has 2 unspecified atom stereocenters. The summed E-state index contributed by atoms with van der Waals surface area (Å²) in [6.07, 6.45) is 3.67. The normalized spacial score (nSPS) is 26.2. The fourth-order valence-corrected chi connectivity index (χ4v) is 3.11. The molecule has 0 amide bonds. The highest BCUT2D eigenvalue weighted by molar-refractivity contribution is 4.96. The number of nitrogens with one attached hydrogen (secondary N) is 1. The lowest BCUT2D eigenvalue weighted by atomic mass is 9.87. The second-order valence-electron chi connectivity index (χ2n) is 5.92. The first kappa shape index (κ1) is 15.9. The van der Waals surface area contributed by atoms with Gasteiger partial charge in [-0.3, -0.25) is 4.90 Å². The van der Waals surface area contributed by atoms with Gasteiger partial charge in [-0.15, -0.1) is 0 Å². The second-order valence-corrected chi connectivity index (χ2v) is 5.92. The van der Waals surface area contributed by atoms with Crippen molar-refractivity contribution in [3.63, 3.8) is 0 Å². The van der Waals surface area contributed by atoms with E-state index in [-0.39, 0.29) is 0 Å². The maximum absolute atomic E-state index is 5.28. The van der Waals surface area contributed by atoms with Crippen LogP contribution in [0.5, 0.6) is 0 Å². The van der Waals surface area contributed by atoms with Gasteiger partial charge in [-0.05, 0) is 25.2 Å². The summed E-state index contributed by atoms with van der Waals surface area (Å²) in [6.45, 7) is 13.5. The third-order valence-corrected chi connectivity index (χ3v) is 4.56. The van der Waals surface area contributed by atoms with Gasteiger partial charge in [0.15, 0.2) is 0 Å². The minimum absolute atomic E-state index is 0.332. The minimum atomic E-state index is 0.332. The van der Waals surface area contributed by atoms with Gasteiger partial charge in [-0.1, -0.05) is 27.7 Å². The standard InChI is InChI=1S/C15H32N2O/c1-6-14-9-16-15(7-2,8-3)12-17(14)10-13(4)11-18-5/h13-14,16H,6-12H2,1-5H3. The molecule has 1 aliphatic rings.